The van der Waals surface area contributed by atoms with Crippen molar-refractivity contribution in [3.05, 3.63) is 54.1 Å². The largest absolute Gasteiger partial charge is 0.490 e. The molecule has 30 heavy (non-hydrogen) atoms. The maximum atomic E-state index is 12.5. The van der Waals surface area contributed by atoms with E-state index in [1.165, 1.54) is 4.31 Å². The Bertz CT molecular complexity index is 951. The van der Waals surface area contributed by atoms with E-state index in [1.807, 2.05) is 24.3 Å². The van der Waals surface area contributed by atoms with Crippen LogP contribution in [0.15, 0.2) is 48.5 Å². The Hall–Kier alpha value is -2.58. The van der Waals surface area contributed by atoms with Crippen LogP contribution in [0.1, 0.15) is 30.1 Å². The Morgan fingerprint density at radius 2 is 1.70 bits per heavy atom. The van der Waals surface area contributed by atoms with Crippen LogP contribution in [-0.4, -0.2) is 58.3 Å². The Balaban J connectivity index is 1.59. The van der Waals surface area contributed by atoms with E-state index in [4.69, 9.17) is 4.74 Å². The normalized spacial score (nSPS) is 15.6. The standard InChI is InChI=1S/C22H29N3O4S/c1-4-25(30(3,27)28)19-9-5-17(6-10-19)22(26)23-18-7-11-20(12-8-18)29-21-13-15-24(2)16-14-21/h5-12,21H,4,13-16H2,1-3H3,(H,23,26). The molecular weight excluding hydrogens is 402 g/mol. The van der Waals surface area contributed by atoms with Gasteiger partial charge in [-0.05, 0) is 75.3 Å². The summed E-state index contributed by atoms with van der Waals surface area (Å²) in [5.74, 6) is 0.542. The Labute approximate surface area is 178 Å². The second-order valence-corrected chi connectivity index (χ2v) is 9.48. The van der Waals surface area contributed by atoms with E-state index >= 15 is 0 Å². The van der Waals surface area contributed by atoms with Crippen molar-refractivity contribution in [2.24, 2.45) is 0 Å². The summed E-state index contributed by atoms with van der Waals surface area (Å²) in [7, 11) is -1.23. The first-order valence-electron chi connectivity index (χ1n) is 10.1. The topological polar surface area (TPSA) is 79.0 Å². The number of sulfonamides is 1. The number of rotatable bonds is 7. The highest BCUT2D eigenvalue weighted by Gasteiger charge is 2.18. The number of benzene rings is 2. The molecule has 0 bridgehead atoms. The molecule has 2 aromatic carbocycles. The first-order chi connectivity index (χ1) is 14.3. The lowest BCUT2D eigenvalue weighted by Gasteiger charge is -2.29. The maximum Gasteiger partial charge on any atom is 0.255 e. The fourth-order valence-electron chi connectivity index (χ4n) is 3.50. The quantitative estimate of drug-likeness (QED) is 0.728. The second-order valence-electron chi connectivity index (χ2n) is 7.57. The minimum atomic E-state index is -3.35. The number of anilines is 2. The molecule has 1 aliphatic rings. The SMILES string of the molecule is CCN(c1ccc(C(=O)Nc2ccc(OC3CCN(C)CC3)cc2)cc1)S(C)(=O)=O. The molecule has 1 heterocycles. The molecule has 1 aliphatic heterocycles. The lowest BCUT2D eigenvalue weighted by atomic mass is 10.1. The summed E-state index contributed by atoms with van der Waals surface area (Å²) in [4.78, 5) is 14.8. The molecule has 0 aliphatic carbocycles. The van der Waals surface area contributed by atoms with Gasteiger partial charge in [-0.15, -0.1) is 0 Å². The van der Waals surface area contributed by atoms with Crippen molar-refractivity contribution >= 4 is 27.3 Å². The number of carbonyl (C=O) groups is 1. The molecule has 0 spiro atoms. The van der Waals surface area contributed by atoms with Crippen LogP contribution < -0.4 is 14.4 Å². The number of nitrogens with zero attached hydrogens (tertiary/aromatic N) is 2. The van der Waals surface area contributed by atoms with E-state index in [0.717, 1.165) is 37.9 Å². The van der Waals surface area contributed by atoms with Crippen molar-refractivity contribution in [3.8, 4) is 5.75 Å². The molecule has 2 aromatic rings. The van der Waals surface area contributed by atoms with E-state index in [9.17, 15) is 13.2 Å². The van der Waals surface area contributed by atoms with Gasteiger partial charge in [0, 0.05) is 30.9 Å². The predicted octanol–water partition coefficient (Wildman–Crippen LogP) is 3.20. The lowest BCUT2D eigenvalue weighted by molar-refractivity contribution is 0.102. The van der Waals surface area contributed by atoms with E-state index in [0.29, 0.717) is 23.5 Å². The molecule has 0 unspecified atom stereocenters. The first kappa shape index (κ1) is 22.1. The van der Waals surface area contributed by atoms with Gasteiger partial charge in [0.1, 0.15) is 11.9 Å². The van der Waals surface area contributed by atoms with Crippen LogP contribution in [0.25, 0.3) is 0 Å². The zero-order chi connectivity index (χ0) is 21.7. The maximum absolute atomic E-state index is 12.5. The number of piperidine rings is 1. The molecule has 0 saturated carbocycles. The molecule has 0 radical (unpaired) electrons. The van der Waals surface area contributed by atoms with Crippen molar-refractivity contribution in [2.45, 2.75) is 25.9 Å². The molecule has 0 atom stereocenters. The third-order valence-electron chi connectivity index (χ3n) is 5.19. The van der Waals surface area contributed by atoms with Gasteiger partial charge < -0.3 is 15.0 Å². The van der Waals surface area contributed by atoms with Crippen molar-refractivity contribution in [3.63, 3.8) is 0 Å². The average molecular weight is 432 g/mol. The molecule has 1 amide bonds. The Morgan fingerprint density at radius 3 is 2.23 bits per heavy atom. The van der Waals surface area contributed by atoms with Crippen molar-refractivity contribution in [2.75, 3.05) is 42.6 Å². The Morgan fingerprint density at radius 1 is 1.10 bits per heavy atom. The number of ether oxygens (including phenoxy) is 1. The average Bonchev–Trinajstić information content (AvgIpc) is 2.71. The van der Waals surface area contributed by atoms with E-state index in [2.05, 4.69) is 17.3 Å². The van der Waals surface area contributed by atoms with Gasteiger partial charge in [0.2, 0.25) is 10.0 Å². The van der Waals surface area contributed by atoms with E-state index < -0.39 is 10.0 Å². The highest BCUT2D eigenvalue weighted by molar-refractivity contribution is 7.92. The zero-order valence-electron chi connectivity index (χ0n) is 17.7. The summed E-state index contributed by atoms with van der Waals surface area (Å²) in [6.45, 7) is 4.17. The van der Waals surface area contributed by atoms with Crippen LogP contribution in [0.5, 0.6) is 5.75 Å². The van der Waals surface area contributed by atoms with Crippen molar-refractivity contribution in [1.82, 2.24) is 4.90 Å². The number of nitrogens with one attached hydrogen (secondary N) is 1. The van der Waals surface area contributed by atoms with Crippen molar-refractivity contribution in [1.29, 1.82) is 0 Å². The highest BCUT2D eigenvalue weighted by atomic mass is 32.2. The summed E-state index contributed by atoms with van der Waals surface area (Å²) >= 11 is 0. The molecular formula is C22H29N3O4S. The predicted molar refractivity (Wildman–Crippen MR) is 120 cm³/mol. The van der Waals surface area contributed by atoms with Crippen LogP contribution >= 0.6 is 0 Å². The number of hydrogen-bond acceptors (Lipinski definition) is 5. The van der Waals surface area contributed by atoms with Gasteiger partial charge in [0.25, 0.3) is 5.91 Å². The van der Waals surface area contributed by atoms with Crippen LogP contribution in [0, 0.1) is 0 Å². The highest BCUT2D eigenvalue weighted by Crippen LogP contribution is 2.22. The minimum Gasteiger partial charge on any atom is -0.490 e. The molecule has 1 saturated heterocycles. The second kappa shape index (κ2) is 9.49. The van der Waals surface area contributed by atoms with Gasteiger partial charge in [-0.25, -0.2) is 8.42 Å². The summed E-state index contributed by atoms with van der Waals surface area (Å²) in [6, 6.07) is 13.9. The van der Waals surface area contributed by atoms with E-state index in [1.54, 1.807) is 31.2 Å². The van der Waals surface area contributed by atoms with Gasteiger partial charge in [-0.1, -0.05) is 0 Å². The fraction of sp³-hybridized carbons (Fsp3) is 0.409. The van der Waals surface area contributed by atoms with Gasteiger partial charge in [-0.3, -0.25) is 9.10 Å². The third kappa shape index (κ3) is 5.73. The van der Waals surface area contributed by atoms with Crippen LogP contribution in [-0.2, 0) is 10.0 Å². The van der Waals surface area contributed by atoms with Gasteiger partial charge in [0.15, 0.2) is 0 Å². The summed E-state index contributed by atoms with van der Waals surface area (Å²) in [5, 5.41) is 2.85. The number of likely N-dealkylation sites (tertiary alicyclic amines) is 1. The first-order valence-corrected chi connectivity index (χ1v) is 12.0. The zero-order valence-corrected chi connectivity index (χ0v) is 18.5. The van der Waals surface area contributed by atoms with Gasteiger partial charge in [0.05, 0.1) is 11.9 Å². The number of carbonyl (C=O) groups excluding carboxylic acids is 1. The van der Waals surface area contributed by atoms with E-state index in [-0.39, 0.29) is 12.0 Å². The minimum absolute atomic E-state index is 0.231. The molecule has 8 heteroatoms. The monoisotopic (exact) mass is 431 g/mol. The molecule has 3 rings (SSSR count). The van der Waals surface area contributed by atoms with Gasteiger partial charge >= 0.3 is 0 Å². The third-order valence-corrected chi connectivity index (χ3v) is 6.46. The van der Waals surface area contributed by atoms with Crippen LogP contribution in [0.3, 0.4) is 0 Å². The smallest absolute Gasteiger partial charge is 0.255 e. The molecule has 162 valence electrons. The summed E-state index contributed by atoms with van der Waals surface area (Å²) in [5.41, 5.74) is 1.66. The fourth-order valence-corrected chi connectivity index (χ4v) is 4.48. The van der Waals surface area contributed by atoms with Crippen LogP contribution in [0.2, 0.25) is 0 Å². The number of hydrogen-bond donors (Lipinski definition) is 1. The lowest BCUT2D eigenvalue weighted by Crippen LogP contribution is -2.35. The summed E-state index contributed by atoms with van der Waals surface area (Å²) < 4.78 is 31.0. The molecule has 7 nitrogen and oxygen atoms in total. The van der Waals surface area contributed by atoms with Crippen LogP contribution in [0.4, 0.5) is 11.4 Å². The molecule has 1 N–H and O–H groups in total. The molecule has 0 aromatic heterocycles. The molecule has 1 fully saturated rings. The van der Waals surface area contributed by atoms with Gasteiger partial charge in [-0.2, -0.15) is 0 Å². The Kier molecular flexibility index (Phi) is 6.99. The summed E-state index contributed by atoms with van der Waals surface area (Å²) in [6.07, 6.45) is 3.42. The number of amides is 1. The van der Waals surface area contributed by atoms with Crippen molar-refractivity contribution < 1.29 is 17.9 Å².